The average Bonchev–Trinajstić information content (AvgIpc) is 2.43. The Hall–Kier alpha value is -0.480. The van der Waals surface area contributed by atoms with Crippen molar-refractivity contribution in [2.75, 3.05) is 33.2 Å². The van der Waals surface area contributed by atoms with Crippen molar-refractivity contribution >= 4 is 29.9 Å². The van der Waals surface area contributed by atoms with Crippen molar-refractivity contribution < 1.29 is 0 Å². The van der Waals surface area contributed by atoms with E-state index in [2.05, 4.69) is 33.4 Å². The van der Waals surface area contributed by atoms with Crippen LogP contribution in [0.25, 0.3) is 0 Å². The third-order valence-corrected chi connectivity index (χ3v) is 3.49. The van der Waals surface area contributed by atoms with E-state index in [9.17, 15) is 0 Å². The lowest BCUT2D eigenvalue weighted by Crippen LogP contribution is -2.45. The molecule has 1 atom stereocenters. The van der Waals surface area contributed by atoms with Crippen LogP contribution in [0, 0.1) is 12.3 Å². The van der Waals surface area contributed by atoms with E-state index < -0.39 is 0 Å². The van der Waals surface area contributed by atoms with Crippen LogP contribution in [0.2, 0.25) is 0 Å². The molecule has 1 aliphatic rings. The number of piperidine rings is 1. The van der Waals surface area contributed by atoms with Crippen molar-refractivity contribution in [2.45, 2.75) is 38.6 Å². The molecule has 1 saturated heterocycles. The van der Waals surface area contributed by atoms with Gasteiger partial charge in [-0.25, -0.2) is 0 Å². The molecule has 1 aliphatic heterocycles. The Bertz CT molecular complexity index is 298. The zero-order valence-electron chi connectivity index (χ0n) is 12.1. The van der Waals surface area contributed by atoms with Crippen LogP contribution in [0.4, 0.5) is 0 Å². The number of aliphatic imine (C=N–C) groups is 1. The van der Waals surface area contributed by atoms with E-state index in [0.717, 1.165) is 25.1 Å². The van der Waals surface area contributed by atoms with Gasteiger partial charge in [-0.3, -0.25) is 9.89 Å². The van der Waals surface area contributed by atoms with Gasteiger partial charge in [-0.2, -0.15) is 0 Å². The maximum Gasteiger partial charge on any atom is 0.191 e. The highest BCUT2D eigenvalue weighted by Crippen LogP contribution is 2.18. The molecule has 0 amide bonds. The minimum absolute atomic E-state index is 0. The van der Waals surface area contributed by atoms with Crippen molar-refractivity contribution in [1.82, 2.24) is 15.5 Å². The van der Waals surface area contributed by atoms with Crippen LogP contribution in [0.3, 0.4) is 0 Å². The number of nitrogens with one attached hydrogen (secondary N) is 2. The lowest BCUT2D eigenvalue weighted by molar-refractivity contribution is 0.147. The molecule has 1 unspecified atom stereocenters. The number of guanidine groups is 1. The third kappa shape index (κ3) is 7.02. The highest BCUT2D eigenvalue weighted by Gasteiger charge is 2.19. The van der Waals surface area contributed by atoms with Crippen LogP contribution in [-0.2, 0) is 0 Å². The summed E-state index contributed by atoms with van der Waals surface area (Å²) in [6.07, 6.45) is 10.5. The first-order chi connectivity index (χ1) is 8.81. The number of likely N-dealkylation sites (tertiary alicyclic amines) is 1. The van der Waals surface area contributed by atoms with E-state index in [4.69, 9.17) is 6.42 Å². The monoisotopic (exact) mass is 378 g/mol. The van der Waals surface area contributed by atoms with Gasteiger partial charge in [0.2, 0.25) is 0 Å². The van der Waals surface area contributed by atoms with Crippen LogP contribution in [0.1, 0.15) is 32.6 Å². The Morgan fingerprint density at radius 1 is 1.42 bits per heavy atom. The molecule has 1 fully saturated rings. The molecule has 0 aromatic rings. The number of nitrogens with zero attached hydrogens (tertiary/aromatic N) is 2. The minimum Gasteiger partial charge on any atom is -0.355 e. The first kappa shape index (κ1) is 18.5. The number of terminal acetylenes is 1. The predicted octanol–water partition coefficient (Wildman–Crippen LogP) is 1.67. The second-order valence-electron chi connectivity index (χ2n) is 4.65. The van der Waals surface area contributed by atoms with Gasteiger partial charge in [0.15, 0.2) is 5.96 Å². The molecule has 1 heterocycles. The van der Waals surface area contributed by atoms with E-state index in [1.165, 1.54) is 32.2 Å². The maximum absolute atomic E-state index is 5.21. The Morgan fingerprint density at radius 2 is 2.21 bits per heavy atom. The molecule has 5 heteroatoms. The summed E-state index contributed by atoms with van der Waals surface area (Å²) in [7, 11) is 1.77. The van der Waals surface area contributed by atoms with Gasteiger partial charge in [0.05, 0.1) is 6.54 Å². The average molecular weight is 378 g/mol. The highest BCUT2D eigenvalue weighted by molar-refractivity contribution is 14.0. The number of hydrogen-bond acceptors (Lipinski definition) is 2. The molecular formula is C14H27IN4. The molecule has 0 bridgehead atoms. The molecule has 0 aromatic carbocycles. The Balaban J connectivity index is 0.00000324. The molecule has 2 N–H and O–H groups in total. The largest absolute Gasteiger partial charge is 0.355 e. The molecule has 0 spiro atoms. The van der Waals surface area contributed by atoms with E-state index in [1.54, 1.807) is 7.05 Å². The molecule has 1 rings (SSSR count). The third-order valence-electron chi connectivity index (χ3n) is 3.49. The van der Waals surface area contributed by atoms with Gasteiger partial charge in [-0.15, -0.1) is 30.4 Å². The van der Waals surface area contributed by atoms with Gasteiger partial charge >= 0.3 is 0 Å². The standard InChI is InChI=1S/C14H26N4.HI/c1-4-9-16-14(15-3)17-10-12-18-11-7-6-8-13(18)5-2;/h1,13H,5-12H2,2-3H3,(H2,15,16,17);1H. The Kier molecular flexibility index (Phi) is 11.1. The summed E-state index contributed by atoms with van der Waals surface area (Å²) < 4.78 is 0. The van der Waals surface area contributed by atoms with Gasteiger partial charge in [-0.05, 0) is 25.8 Å². The first-order valence-corrected chi connectivity index (χ1v) is 6.93. The van der Waals surface area contributed by atoms with Crippen molar-refractivity contribution in [1.29, 1.82) is 0 Å². The first-order valence-electron chi connectivity index (χ1n) is 6.93. The minimum atomic E-state index is 0. The Morgan fingerprint density at radius 3 is 2.84 bits per heavy atom. The van der Waals surface area contributed by atoms with Gasteiger partial charge < -0.3 is 10.6 Å². The molecule has 4 nitrogen and oxygen atoms in total. The molecule has 110 valence electrons. The van der Waals surface area contributed by atoms with Crippen LogP contribution in [0.5, 0.6) is 0 Å². The summed E-state index contributed by atoms with van der Waals surface area (Å²) in [5.41, 5.74) is 0. The van der Waals surface area contributed by atoms with Crippen LogP contribution in [0.15, 0.2) is 4.99 Å². The summed E-state index contributed by atoms with van der Waals surface area (Å²) in [6.45, 7) is 6.03. The van der Waals surface area contributed by atoms with Crippen molar-refractivity contribution in [2.24, 2.45) is 4.99 Å². The van der Waals surface area contributed by atoms with E-state index >= 15 is 0 Å². The summed E-state index contributed by atoms with van der Waals surface area (Å²) in [5, 5.41) is 6.36. The van der Waals surface area contributed by atoms with Crippen LogP contribution in [-0.4, -0.2) is 50.1 Å². The lowest BCUT2D eigenvalue weighted by atomic mass is 10.0. The van der Waals surface area contributed by atoms with E-state index in [1.807, 2.05) is 0 Å². The second kappa shape index (κ2) is 11.4. The number of hydrogen-bond donors (Lipinski definition) is 2. The highest BCUT2D eigenvalue weighted by atomic mass is 127. The molecular weight excluding hydrogens is 351 g/mol. The Labute approximate surface area is 134 Å². The number of rotatable bonds is 5. The fourth-order valence-corrected chi connectivity index (χ4v) is 2.49. The zero-order chi connectivity index (χ0) is 13.2. The fourth-order valence-electron chi connectivity index (χ4n) is 2.49. The van der Waals surface area contributed by atoms with Gasteiger partial charge in [0.25, 0.3) is 0 Å². The van der Waals surface area contributed by atoms with Crippen molar-refractivity contribution in [3.63, 3.8) is 0 Å². The van der Waals surface area contributed by atoms with Crippen LogP contribution < -0.4 is 10.6 Å². The smallest absolute Gasteiger partial charge is 0.191 e. The second-order valence-corrected chi connectivity index (χ2v) is 4.65. The van der Waals surface area contributed by atoms with Crippen LogP contribution >= 0.6 is 24.0 Å². The van der Waals surface area contributed by atoms with Gasteiger partial charge in [0, 0.05) is 26.2 Å². The zero-order valence-corrected chi connectivity index (χ0v) is 14.4. The van der Waals surface area contributed by atoms with Crippen molar-refractivity contribution in [3.05, 3.63) is 0 Å². The van der Waals surface area contributed by atoms with E-state index in [0.29, 0.717) is 6.54 Å². The molecule has 0 aliphatic carbocycles. The van der Waals surface area contributed by atoms with Crippen molar-refractivity contribution in [3.8, 4) is 12.3 Å². The van der Waals surface area contributed by atoms with Gasteiger partial charge in [-0.1, -0.05) is 19.3 Å². The summed E-state index contributed by atoms with van der Waals surface area (Å²) in [4.78, 5) is 6.72. The molecule has 0 saturated carbocycles. The molecule has 0 radical (unpaired) electrons. The molecule has 0 aromatic heterocycles. The number of halogens is 1. The normalized spacial score (nSPS) is 20.3. The van der Waals surface area contributed by atoms with E-state index in [-0.39, 0.29) is 24.0 Å². The lowest BCUT2D eigenvalue weighted by Gasteiger charge is -2.35. The summed E-state index contributed by atoms with van der Waals surface area (Å²) in [6, 6.07) is 0.765. The molecule has 19 heavy (non-hydrogen) atoms. The maximum atomic E-state index is 5.21. The predicted molar refractivity (Wildman–Crippen MR) is 93.1 cm³/mol. The SMILES string of the molecule is C#CCNC(=NC)NCCN1CCCCC1CC.I. The summed E-state index contributed by atoms with van der Waals surface area (Å²) in [5.74, 6) is 3.34. The topological polar surface area (TPSA) is 39.7 Å². The quantitative estimate of drug-likeness (QED) is 0.331. The fraction of sp³-hybridized carbons (Fsp3) is 0.786. The summed E-state index contributed by atoms with van der Waals surface area (Å²) >= 11 is 0. The van der Waals surface area contributed by atoms with Gasteiger partial charge in [0.1, 0.15) is 0 Å².